The Morgan fingerprint density at radius 3 is 2.25 bits per heavy atom. The second kappa shape index (κ2) is 9.39. The number of ether oxygens (including phenoxy) is 1. The minimum Gasteiger partial charge on any atom is -0.484 e. The first-order valence-electron chi connectivity index (χ1n) is 9.47. The van der Waals surface area contributed by atoms with Crippen molar-refractivity contribution in [1.82, 2.24) is 20.6 Å². The Hall–Kier alpha value is -2.83. The molecule has 28 heavy (non-hydrogen) atoms. The number of amides is 2. The molecule has 0 saturated heterocycles. The molecule has 7 heteroatoms. The molecule has 0 spiro atoms. The third-order valence-electron chi connectivity index (χ3n) is 4.31. The summed E-state index contributed by atoms with van der Waals surface area (Å²) in [4.78, 5) is 24.1. The van der Waals surface area contributed by atoms with Crippen LogP contribution >= 0.6 is 0 Å². The van der Waals surface area contributed by atoms with Crippen LogP contribution < -0.4 is 15.6 Å². The van der Waals surface area contributed by atoms with Crippen molar-refractivity contribution in [2.24, 2.45) is 5.92 Å². The van der Waals surface area contributed by atoms with E-state index < -0.39 is 5.91 Å². The van der Waals surface area contributed by atoms with Crippen LogP contribution in [0.1, 0.15) is 41.9 Å². The van der Waals surface area contributed by atoms with Gasteiger partial charge in [0.1, 0.15) is 5.75 Å². The van der Waals surface area contributed by atoms with Crippen LogP contribution in [0.3, 0.4) is 0 Å². The lowest BCUT2D eigenvalue weighted by atomic mass is 10.1. The molecule has 7 nitrogen and oxygen atoms in total. The van der Waals surface area contributed by atoms with E-state index in [1.807, 2.05) is 50.6 Å². The largest absolute Gasteiger partial charge is 0.484 e. The molecule has 1 aromatic heterocycles. The topological polar surface area (TPSA) is 85.2 Å². The standard InChI is InChI=1S/C21H30N4O3/c1-13(2)11-25-17(6)19(16(5)24-25)10-20(26)22-23-21(27)12-28-18-8-14(3)7-15(4)9-18/h7-9,13H,10-12H2,1-6H3,(H,22,26)(H,23,27). The van der Waals surface area contributed by atoms with Crippen LogP contribution in [0.4, 0.5) is 0 Å². The Bertz CT molecular complexity index is 835. The minimum absolute atomic E-state index is 0.161. The van der Waals surface area contributed by atoms with Crippen LogP contribution in [0.25, 0.3) is 0 Å². The van der Waals surface area contributed by atoms with Gasteiger partial charge in [0.25, 0.3) is 5.91 Å². The van der Waals surface area contributed by atoms with E-state index in [1.165, 1.54) is 0 Å². The van der Waals surface area contributed by atoms with Crippen molar-refractivity contribution >= 4 is 11.8 Å². The summed E-state index contributed by atoms with van der Waals surface area (Å²) >= 11 is 0. The van der Waals surface area contributed by atoms with Crippen LogP contribution in [0.2, 0.25) is 0 Å². The summed E-state index contributed by atoms with van der Waals surface area (Å²) in [7, 11) is 0. The Kier molecular flexibility index (Phi) is 7.20. The smallest absolute Gasteiger partial charge is 0.276 e. The number of hydrogen-bond donors (Lipinski definition) is 2. The predicted octanol–water partition coefficient (Wildman–Crippen LogP) is 2.54. The zero-order chi connectivity index (χ0) is 20.8. The molecule has 1 heterocycles. The number of benzene rings is 1. The number of carbonyl (C=O) groups excluding carboxylic acids is 2. The molecule has 2 amide bonds. The third-order valence-corrected chi connectivity index (χ3v) is 4.31. The van der Waals surface area contributed by atoms with Gasteiger partial charge in [-0.2, -0.15) is 5.10 Å². The second-order valence-electron chi connectivity index (χ2n) is 7.61. The highest BCUT2D eigenvalue weighted by Crippen LogP contribution is 2.16. The van der Waals surface area contributed by atoms with Gasteiger partial charge in [0, 0.05) is 17.8 Å². The van der Waals surface area contributed by atoms with Crippen molar-refractivity contribution in [3.05, 3.63) is 46.3 Å². The maximum atomic E-state index is 12.2. The van der Waals surface area contributed by atoms with Crippen LogP contribution in [0.15, 0.2) is 18.2 Å². The van der Waals surface area contributed by atoms with E-state index in [2.05, 4.69) is 29.8 Å². The summed E-state index contributed by atoms with van der Waals surface area (Å²) in [6.07, 6.45) is 0.161. The average Bonchev–Trinajstić information content (AvgIpc) is 2.84. The van der Waals surface area contributed by atoms with Gasteiger partial charge in [0.15, 0.2) is 6.61 Å². The summed E-state index contributed by atoms with van der Waals surface area (Å²) in [5, 5.41) is 4.51. The highest BCUT2D eigenvalue weighted by atomic mass is 16.5. The van der Waals surface area contributed by atoms with Gasteiger partial charge in [-0.1, -0.05) is 19.9 Å². The van der Waals surface area contributed by atoms with Crippen LogP contribution in [0, 0.1) is 33.6 Å². The molecule has 0 aliphatic rings. The van der Waals surface area contributed by atoms with Gasteiger partial charge in [-0.15, -0.1) is 0 Å². The first-order valence-corrected chi connectivity index (χ1v) is 9.47. The fourth-order valence-corrected chi connectivity index (χ4v) is 3.06. The fraction of sp³-hybridized carbons (Fsp3) is 0.476. The quantitative estimate of drug-likeness (QED) is 0.716. The zero-order valence-corrected chi connectivity index (χ0v) is 17.5. The average molecular weight is 386 g/mol. The third kappa shape index (κ3) is 6.11. The lowest BCUT2D eigenvalue weighted by molar-refractivity contribution is -0.129. The number of hydrazine groups is 1. The molecular weight excluding hydrogens is 356 g/mol. The minimum atomic E-state index is -0.420. The van der Waals surface area contributed by atoms with Crippen LogP contribution in [-0.2, 0) is 22.6 Å². The molecule has 2 rings (SSSR count). The Morgan fingerprint density at radius 1 is 1.04 bits per heavy atom. The second-order valence-corrected chi connectivity index (χ2v) is 7.61. The molecule has 152 valence electrons. The summed E-state index contributed by atoms with van der Waals surface area (Å²) in [5.41, 5.74) is 9.65. The maximum absolute atomic E-state index is 12.2. The SMILES string of the molecule is Cc1cc(C)cc(OCC(=O)NNC(=O)Cc2c(C)nn(CC(C)C)c2C)c1. The van der Waals surface area contributed by atoms with E-state index in [1.54, 1.807) is 0 Å². The van der Waals surface area contributed by atoms with Crippen molar-refractivity contribution in [3.8, 4) is 5.75 Å². The number of carbonyl (C=O) groups is 2. The fourth-order valence-electron chi connectivity index (χ4n) is 3.06. The van der Waals surface area contributed by atoms with Crippen LogP contribution in [-0.4, -0.2) is 28.2 Å². The number of aromatic nitrogens is 2. The molecule has 0 aliphatic carbocycles. The molecule has 0 aliphatic heterocycles. The zero-order valence-electron chi connectivity index (χ0n) is 17.5. The molecule has 0 saturated carbocycles. The number of nitrogens with one attached hydrogen (secondary N) is 2. The van der Waals surface area contributed by atoms with Crippen molar-refractivity contribution in [1.29, 1.82) is 0 Å². The molecule has 0 fully saturated rings. The Labute approximate surface area is 166 Å². The lowest BCUT2D eigenvalue weighted by Gasteiger charge is -2.10. The number of aryl methyl sites for hydroxylation is 3. The first-order chi connectivity index (χ1) is 13.2. The Balaban J connectivity index is 1.83. The molecule has 0 bridgehead atoms. The van der Waals surface area contributed by atoms with Crippen molar-refractivity contribution in [2.45, 2.75) is 54.5 Å². The van der Waals surface area contributed by atoms with E-state index in [-0.39, 0.29) is 18.9 Å². The van der Waals surface area contributed by atoms with E-state index >= 15 is 0 Å². The van der Waals surface area contributed by atoms with E-state index in [9.17, 15) is 9.59 Å². The van der Waals surface area contributed by atoms with Gasteiger partial charge in [-0.25, -0.2) is 0 Å². The predicted molar refractivity (Wildman–Crippen MR) is 108 cm³/mol. The van der Waals surface area contributed by atoms with E-state index in [0.717, 1.165) is 34.6 Å². The van der Waals surface area contributed by atoms with Crippen molar-refractivity contribution in [3.63, 3.8) is 0 Å². The van der Waals surface area contributed by atoms with Gasteiger partial charge in [-0.3, -0.25) is 25.1 Å². The molecular formula is C21H30N4O3. The van der Waals surface area contributed by atoms with Crippen molar-refractivity contribution < 1.29 is 14.3 Å². The molecule has 2 aromatic rings. The summed E-state index contributed by atoms with van der Waals surface area (Å²) in [6, 6.07) is 5.75. The molecule has 0 radical (unpaired) electrons. The molecule has 1 aromatic carbocycles. The van der Waals surface area contributed by atoms with Gasteiger partial charge in [0.2, 0.25) is 5.91 Å². The maximum Gasteiger partial charge on any atom is 0.276 e. The number of hydrogen-bond acceptors (Lipinski definition) is 4. The monoisotopic (exact) mass is 386 g/mol. The number of rotatable bonds is 7. The molecule has 0 unspecified atom stereocenters. The van der Waals surface area contributed by atoms with Gasteiger partial charge >= 0.3 is 0 Å². The van der Waals surface area contributed by atoms with Crippen molar-refractivity contribution in [2.75, 3.05) is 6.61 Å². The molecule has 2 N–H and O–H groups in total. The summed E-state index contributed by atoms with van der Waals surface area (Å²) in [6.45, 7) is 12.7. The molecule has 0 atom stereocenters. The summed E-state index contributed by atoms with van der Waals surface area (Å²) < 4.78 is 7.41. The Morgan fingerprint density at radius 2 is 1.64 bits per heavy atom. The van der Waals surface area contributed by atoms with Crippen LogP contribution in [0.5, 0.6) is 5.75 Å². The highest BCUT2D eigenvalue weighted by Gasteiger charge is 2.16. The lowest BCUT2D eigenvalue weighted by Crippen LogP contribution is -2.44. The van der Waals surface area contributed by atoms with Gasteiger partial charge < -0.3 is 4.74 Å². The van der Waals surface area contributed by atoms with Gasteiger partial charge in [-0.05, 0) is 56.9 Å². The van der Waals surface area contributed by atoms with E-state index in [4.69, 9.17) is 4.74 Å². The van der Waals surface area contributed by atoms with Gasteiger partial charge in [0.05, 0.1) is 12.1 Å². The first kappa shape index (κ1) is 21.5. The van der Waals surface area contributed by atoms with E-state index in [0.29, 0.717) is 11.7 Å². The highest BCUT2D eigenvalue weighted by molar-refractivity contribution is 5.84. The normalized spacial score (nSPS) is 10.8. The summed E-state index contributed by atoms with van der Waals surface area (Å²) in [5.74, 6) is 0.380. The number of nitrogens with zero attached hydrogens (tertiary/aromatic N) is 2.